The summed E-state index contributed by atoms with van der Waals surface area (Å²) in [7, 11) is 0. The number of amides is 1. The summed E-state index contributed by atoms with van der Waals surface area (Å²) in [6, 6.07) is 26.6. The Morgan fingerprint density at radius 3 is 2.13 bits per heavy atom. The Bertz CT molecular complexity index is 1010. The fraction of sp³-hybridized carbons (Fsp3) is 0.125. The van der Waals surface area contributed by atoms with Crippen molar-refractivity contribution in [2.45, 2.75) is 5.92 Å². The van der Waals surface area contributed by atoms with E-state index in [1.54, 1.807) is 24.5 Å². The largest absolute Gasteiger partial charge is 0.475 e. The van der Waals surface area contributed by atoms with Gasteiger partial charge in [-0.15, -0.1) is 10.2 Å². The third kappa shape index (κ3) is 4.72. The van der Waals surface area contributed by atoms with Crippen molar-refractivity contribution in [1.29, 1.82) is 0 Å². The number of carbonyl (C=O) groups excluding carboxylic acids is 1. The van der Waals surface area contributed by atoms with E-state index in [0.717, 1.165) is 11.1 Å². The molecule has 2 aromatic heterocycles. The lowest BCUT2D eigenvalue weighted by atomic mass is 9.90. The van der Waals surface area contributed by atoms with E-state index in [-0.39, 0.29) is 18.4 Å². The summed E-state index contributed by atoms with van der Waals surface area (Å²) in [6.07, 6.45) is 1.59. The van der Waals surface area contributed by atoms with Gasteiger partial charge in [-0.2, -0.15) is 0 Å². The lowest BCUT2D eigenvalue weighted by Crippen LogP contribution is -2.33. The quantitative estimate of drug-likeness (QED) is 0.452. The van der Waals surface area contributed by atoms with Gasteiger partial charge in [0, 0.05) is 6.07 Å². The number of hydrogen-bond donors (Lipinski definition) is 1. The smallest absolute Gasteiger partial charge is 0.233 e. The number of ether oxygens (including phenoxy) is 1. The van der Waals surface area contributed by atoms with Crippen molar-refractivity contribution in [3.8, 4) is 17.3 Å². The van der Waals surface area contributed by atoms with Gasteiger partial charge in [-0.05, 0) is 29.3 Å². The van der Waals surface area contributed by atoms with Crippen LogP contribution < -0.4 is 10.1 Å². The molecule has 4 rings (SSSR count). The van der Waals surface area contributed by atoms with Gasteiger partial charge in [-0.25, -0.2) is 0 Å². The first kappa shape index (κ1) is 19.4. The summed E-state index contributed by atoms with van der Waals surface area (Å²) in [6.45, 7) is 0.646. The molecule has 1 amide bonds. The molecule has 0 bridgehead atoms. The van der Waals surface area contributed by atoms with Gasteiger partial charge in [0.25, 0.3) is 0 Å². The Kier molecular flexibility index (Phi) is 6.15. The molecule has 1 N–H and O–H groups in total. The van der Waals surface area contributed by atoms with Gasteiger partial charge in [0.05, 0.1) is 18.7 Å². The van der Waals surface area contributed by atoms with Crippen molar-refractivity contribution >= 4 is 5.91 Å². The number of furan rings is 1. The van der Waals surface area contributed by atoms with E-state index in [0.29, 0.717) is 23.9 Å². The number of benzene rings is 2. The normalized spacial score (nSPS) is 10.7. The molecule has 0 aliphatic rings. The Labute approximate surface area is 174 Å². The van der Waals surface area contributed by atoms with E-state index >= 15 is 0 Å². The second kappa shape index (κ2) is 9.52. The minimum atomic E-state index is -0.375. The van der Waals surface area contributed by atoms with Crippen molar-refractivity contribution in [3.05, 3.63) is 102 Å². The molecule has 30 heavy (non-hydrogen) atoms. The molecular formula is C24H21N3O3. The highest BCUT2D eigenvalue weighted by atomic mass is 16.5. The number of nitrogens with zero attached hydrogens (tertiary/aromatic N) is 2. The van der Waals surface area contributed by atoms with Gasteiger partial charge < -0.3 is 14.5 Å². The second-order valence-corrected chi connectivity index (χ2v) is 6.63. The van der Waals surface area contributed by atoms with Crippen molar-refractivity contribution in [1.82, 2.24) is 15.5 Å². The van der Waals surface area contributed by atoms with Crippen LogP contribution in [-0.2, 0) is 4.79 Å². The van der Waals surface area contributed by atoms with Crippen molar-refractivity contribution in [2.24, 2.45) is 0 Å². The van der Waals surface area contributed by atoms with Crippen molar-refractivity contribution in [3.63, 3.8) is 0 Å². The van der Waals surface area contributed by atoms with Gasteiger partial charge in [0.15, 0.2) is 5.76 Å². The zero-order valence-electron chi connectivity index (χ0n) is 16.3. The first-order valence-corrected chi connectivity index (χ1v) is 9.69. The zero-order valence-corrected chi connectivity index (χ0v) is 16.3. The predicted molar refractivity (Wildman–Crippen MR) is 113 cm³/mol. The van der Waals surface area contributed by atoms with Crippen LogP contribution in [0.3, 0.4) is 0 Å². The maximum absolute atomic E-state index is 12.9. The van der Waals surface area contributed by atoms with E-state index in [1.807, 2.05) is 66.7 Å². The van der Waals surface area contributed by atoms with Gasteiger partial charge >= 0.3 is 0 Å². The van der Waals surface area contributed by atoms with Gasteiger partial charge in [0.1, 0.15) is 12.3 Å². The van der Waals surface area contributed by atoms with Crippen molar-refractivity contribution < 1.29 is 13.9 Å². The van der Waals surface area contributed by atoms with Crippen LogP contribution in [0.2, 0.25) is 0 Å². The average molecular weight is 399 g/mol. The Morgan fingerprint density at radius 1 is 0.867 bits per heavy atom. The monoisotopic (exact) mass is 399 g/mol. The molecule has 150 valence electrons. The number of rotatable bonds is 8. The fourth-order valence-electron chi connectivity index (χ4n) is 3.17. The Balaban J connectivity index is 1.34. The molecule has 0 fully saturated rings. The summed E-state index contributed by atoms with van der Waals surface area (Å²) in [5, 5.41) is 11.1. The SMILES string of the molecule is O=C(NCCOc1ccc(-c2ccco2)nn1)C(c1ccccc1)c1ccccc1. The van der Waals surface area contributed by atoms with Crippen LogP contribution in [0.15, 0.2) is 95.6 Å². The van der Waals surface area contributed by atoms with E-state index in [9.17, 15) is 4.79 Å². The molecule has 6 heteroatoms. The first-order chi connectivity index (χ1) is 14.8. The fourth-order valence-corrected chi connectivity index (χ4v) is 3.17. The Hall–Kier alpha value is -3.93. The highest BCUT2D eigenvalue weighted by Crippen LogP contribution is 2.24. The van der Waals surface area contributed by atoms with Gasteiger partial charge in [-0.3, -0.25) is 4.79 Å². The summed E-state index contributed by atoms with van der Waals surface area (Å²) < 4.78 is 10.9. The maximum Gasteiger partial charge on any atom is 0.233 e. The Morgan fingerprint density at radius 2 is 1.57 bits per heavy atom. The van der Waals surface area contributed by atoms with E-state index in [4.69, 9.17) is 9.15 Å². The summed E-state index contributed by atoms with van der Waals surface area (Å²) in [5.41, 5.74) is 2.53. The van der Waals surface area contributed by atoms with Crippen LogP contribution >= 0.6 is 0 Å². The maximum atomic E-state index is 12.9. The van der Waals surface area contributed by atoms with Crippen LogP contribution in [0.5, 0.6) is 5.88 Å². The topological polar surface area (TPSA) is 77.2 Å². The summed E-state index contributed by atoms with van der Waals surface area (Å²) >= 11 is 0. The highest BCUT2D eigenvalue weighted by molar-refractivity contribution is 5.87. The lowest BCUT2D eigenvalue weighted by molar-refractivity contribution is -0.121. The van der Waals surface area contributed by atoms with E-state index in [2.05, 4.69) is 15.5 Å². The molecule has 0 atom stereocenters. The third-order valence-corrected chi connectivity index (χ3v) is 4.59. The molecule has 2 heterocycles. The van der Waals surface area contributed by atoms with E-state index < -0.39 is 0 Å². The van der Waals surface area contributed by atoms with E-state index in [1.165, 1.54) is 0 Å². The predicted octanol–water partition coefficient (Wildman–Crippen LogP) is 4.06. The van der Waals surface area contributed by atoms with Crippen LogP contribution in [0.1, 0.15) is 17.0 Å². The number of carbonyl (C=O) groups is 1. The molecule has 2 aromatic carbocycles. The lowest BCUT2D eigenvalue weighted by Gasteiger charge is -2.18. The summed E-state index contributed by atoms with van der Waals surface area (Å²) in [5.74, 6) is 0.589. The zero-order chi connectivity index (χ0) is 20.6. The highest BCUT2D eigenvalue weighted by Gasteiger charge is 2.22. The molecule has 0 saturated carbocycles. The molecule has 4 aromatic rings. The molecule has 0 aliphatic carbocycles. The molecule has 0 saturated heterocycles. The summed E-state index contributed by atoms with van der Waals surface area (Å²) in [4.78, 5) is 12.9. The number of aromatic nitrogens is 2. The third-order valence-electron chi connectivity index (χ3n) is 4.59. The minimum absolute atomic E-state index is 0.0738. The first-order valence-electron chi connectivity index (χ1n) is 9.69. The van der Waals surface area contributed by atoms with Crippen LogP contribution in [0.25, 0.3) is 11.5 Å². The molecule has 0 unspecified atom stereocenters. The van der Waals surface area contributed by atoms with Gasteiger partial charge in [-0.1, -0.05) is 60.7 Å². The molecule has 0 spiro atoms. The standard InChI is InChI=1S/C24H21N3O3/c28-24(23(18-8-3-1-4-9-18)19-10-5-2-6-11-19)25-15-17-30-22-14-13-20(26-27-22)21-12-7-16-29-21/h1-14,16,23H,15,17H2,(H,25,28). The van der Waals surface area contributed by atoms with Crippen LogP contribution in [0.4, 0.5) is 0 Å². The molecule has 0 radical (unpaired) electrons. The second-order valence-electron chi connectivity index (χ2n) is 6.63. The van der Waals surface area contributed by atoms with Crippen molar-refractivity contribution in [2.75, 3.05) is 13.2 Å². The molecule has 6 nitrogen and oxygen atoms in total. The van der Waals surface area contributed by atoms with Crippen LogP contribution in [-0.4, -0.2) is 29.3 Å². The molecule has 0 aliphatic heterocycles. The molecular weight excluding hydrogens is 378 g/mol. The van der Waals surface area contributed by atoms with Gasteiger partial charge in [0.2, 0.25) is 11.8 Å². The van der Waals surface area contributed by atoms with Crippen LogP contribution in [0, 0.1) is 0 Å². The number of nitrogens with one attached hydrogen (secondary N) is 1. The average Bonchev–Trinajstić information content (AvgIpc) is 3.34. The number of hydrogen-bond acceptors (Lipinski definition) is 5. The minimum Gasteiger partial charge on any atom is -0.475 e.